The van der Waals surface area contributed by atoms with E-state index in [1.807, 2.05) is 0 Å². The van der Waals surface area contributed by atoms with Gasteiger partial charge in [0, 0.05) is 12.1 Å². The molecule has 0 spiro atoms. The Morgan fingerprint density at radius 1 is 1.21 bits per heavy atom. The average Bonchev–Trinajstić information content (AvgIpc) is 2.07. The number of rotatable bonds is 3. The second-order valence-electron chi connectivity index (χ2n) is 4.65. The molecule has 0 saturated carbocycles. The van der Waals surface area contributed by atoms with Crippen molar-refractivity contribution in [3.8, 4) is 0 Å². The van der Waals surface area contributed by atoms with Crippen LogP contribution in [0.3, 0.4) is 0 Å². The standard InChI is InChI=1S/C11H17FOSi/c1-14(2,3)11(8-13)9-4-6-10(12)7-5-9/h4-7,11,13H,8H2,1-3H3. The lowest BCUT2D eigenvalue weighted by Gasteiger charge is -2.27. The van der Waals surface area contributed by atoms with Crippen molar-refractivity contribution in [3.05, 3.63) is 35.6 Å². The summed E-state index contributed by atoms with van der Waals surface area (Å²) in [5, 5.41) is 9.33. The quantitative estimate of drug-likeness (QED) is 0.764. The Bertz CT molecular complexity index is 289. The molecule has 0 bridgehead atoms. The number of benzene rings is 1. The second kappa shape index (κ2) is 4.23. The SMILES string of the molecule is C[Si](C)(C)C(CO)c1ccc(F)cc1. The summed E-state index contributed by atoms with van der Waals surface area (Å²) in [6, 6.07) is 6.46. The van der Waals surface area contributed by atoms with Crippen molar-refractivity contribution in [2.75, 3.05) is 6.61 Å². The monoisotopic (exact) mass is 212 g/mol. The molecule has 1 aromatic carbocycles. The molecular formula is C11H17FOSi. The summed E-state index contributed by atoms with van der Waals surface area (Å²) >= 11 is 0. The minimum atomic E-state index is -1.42. The van der Waals surface area contributed by atoms with E-state index in [0.717, 1.165) is 5.56 Å². The van der Waals surface area contributed by atoms with E-state index in [0.29, 0.717) is 0 Å². The molecule has 0 amide bonds. The van der Waals surface area contributed by atoms with E-state index in [-0.39, 0.29) is 18.0 Å². The number of hydrogen-bond donors (Lipinski definition) is 1. The third-order valence-electron chi connectivity index (χ3n) is 2.50. The summed E-state index contributed by atoms with van der Waals surface area (Å²) in [4.78, 5) is 0. The van der Waals surface area contributed by atoms with Gasteiger partial charge in [0.2, 0.25) is 0 Å². The van der Waals surface area contributed by atoms with E-state index in [2.05, 4.69) is 19.6 Å². The fourth-order valence-corrected chi connectivity index (χ4v) is 3.31. The molecule has 0 saturated heterocycles. The Labute approximate surface area is 85.6 Å². The summed E-state index contributed by atoms with van der Waals surface area (Å²) in [6.45, 7) is 6.77. The molecule has 14 heavy (non-hydrogen) atoms. The van der Waals surface area contributed by atoms with Crippen molar-refractivity contribution in [1.82, 2.24) is 0 Å². The van der Waals surface area contributed by atoms with Crippen LogP contribution in [0.2, 0.25) is 19.6 Å². The van der Waals surface area contributed by atoms with Crippen molar-refractivity contribution >= 4 is 8.07 Å². The van der Waals surface area contributed by atoms with E-state index in [4.69, 9.17) is 0 Å². The van der Waals surface area contributed by atoms with Crippen LogP contribution < -0.4 is 0 Å². The van der Waals surface area contributed by atoms with Gasteiger partial charge in [-0.25, -0.2) is 4.39 Å². The van der Waals surface area contributed by atoms with E-state index in [9.17, 15) is 9.50 Å². The second-order valence-corrected chi connectivity index (χ2v) is 10.1. The molecule has 0 heterocycles. The van der Waals surface area contributed by atoms with Crippen LogP contribution in [0, 0.1) is 5.82 Å². The zero-order chi connectivity index (χ0) is 10.8. The van der Waals surface area contributed by atoms with E-state index in [1.54, 1.807) is 12.1 Å². The summed E-state index contributed by atoms with van der Waals surface area (Å²) < 4.78 is 12.7. The van der Waals surface area contributed by atoms with Gasteiger partial charge in [-0.05, 0) is 17.7 Å². The summed E-state index contributed by atoms with van der Waals surface area (Å²) in [7, 11) is -1.42. The summed E-state index contributed by atoms with van der Waals surface area (Å²) in [5.74, 6) is -0.221. The van der Waals surface area contributed by atoms with Gasteiger partial charge < -0.3 is 5.11 Å². The van der Waals surface area contributed by atoms with Gasteiger partial charge >= 0.3 is 0 Å². The first kappa shape index (κ1) is 11.4. The molecular weight excluding hydrogens is 195 g/mol. The van der Waals surface area contributed by atoms with Crippen molar-refractivity contribution < 1.29 is 9.50 Å². The van der Waals surface area contributed by atoms with Crippen LogP contribution in [-0.2, 0) is 0 Å². The van der Waals surface area contributed by atoms with Crippen LogP contribution in [-0.4, -0.2) is 19.8 Å². The largest absolute Gasteiger partial charge is 0.396 e. The summed E-state index contributed by atoms with van der Waals surface area (Å²) in [5.41, 5.74) is 1.25. The predicted molar refractivity (Wildman–Crippen MR) is 59.6 cm³/mol. The van der Waals surface area contributed by atoms with Crippen molar-refractivity contribution in [2.45, 2.75) is 25.2 Å². The molecule has 0 fully saturated rings. The van der Waals surface area contributed by atoms with Crippen molar-refractivity contribution in [3.63, 3.8) is 0 Å². The Morgan fingerprint density at radius 2 is 1.71 bits per heavy atom. The molecule has 0 aliphatic rings. The van der Waals surface area contributed by atoms with Gasteiger partial charge in [0.15, 0.2) is 0 Å². The minimum Gasteiger partial charge on any atom is -0.396 e. The van der Waals surface area contributed by atoms with E-state index >= 15 is 0 Å². The first-order chi connectivity index (χ1) is 6.45. The molecule has 3 heteroatoms. The average molecular weight is 212 g/mol. The third-order valence-corrected chi connectivity index (χ3v) is 5.11. The lowest BCUT2D eigenvalue weighted by atomic mass is 10.1. The first-order valence-electron chi connectivity index (χ1n) is 4.81. The minimum absolute atomic E-state index is 0.154. The molecule has 1 nitrogen and oxygen atoms in total. The van der Waals surface area contributed by atoms with Gasteiger partial charge in [-0.3, -0.25) is 0 Å². The maximum Gasteiger partial charge on any atom is 0.123 e. The number of hydrogen-bond acceptors (Lipinski definition) is 1. The molecule has 1 unspecified atom stereocenters. The van der Waals surface area contributed by atoms with Crippen molar-refractivity contribution in [2.24, 2.45) is 0 Å². The smallest absolute Gasteiger partial charge is 0.123 e. The van der Waals surface area contributed by atoms with Crippen LogP contribution >= 0.6 is 0 Å². The Morgan fingerprint density at radius 3 is 2.07 bits per heavy atom. The maximum atomic E-state index is 12.7. The van der Waals surface area contributed by atoms with Crippen molar-refractivity contribution in [1.29, 1.82) is 0 Å². The van der Waals surface area contributed by atoms with Crippen LogP contribution in [0.25, 0.3) is 0 Å². The maximum absolute atomic E-state index is 12.7. The van der Waals surface area contributed by atoms with Gasteiger partial charge in [-0.2, -0.15) is 0 Å². The molecule has 0 aliphatic heterocycles. The van der Waals surface area contributed by atoms with Gasteiger partial charge in [0.25, 0.3) is 0 Å². The van der Waals surface area contributed by atoms with Gasteiger partial charge in [-0.15, -0.1) is 0 Å². The first-order valence-corrected chi connectivity index (χ1v) is 8.39. The normalized spacial score (nSPS) is 14.1. The lowest BCUT2D eigenvalue weighted by Crippen LogP contribution is -2.33. The molecule has 1 N–H and O–H groups in total. The highest BCUT2D eigenvalue weighted by Gasteiger charge is 2.27. The van der Waals surface area contributed by atoms with Gasteiger partial charge in [0.1, 0.15) is 5.82 Å². The zero-order valence-corrected chi connectivity index (χ0v) is 9.92. The highest BCUT2D eigenvalue weighted by molar-refractivity contribution is 6.77. The van der Waals surface area contributed by atoms with E-state index < -0.39 is 8.07 Å². The highest BCUT2D eigenvalue weighted by Crippen LogP contribution is 2.26. The Hall–Kier alpha value is -0.673. The highest BCUT2D eigenvalue weighted by atomic mass is 28.3. The molecule has 1 aromatic rings. The molecule has 0 aliphatic carbocycles. The molecule has 0 aromatic heterocycles. The van der Waals surface area contributed by atoms with Crippen LogP contribution in [0.15, 0.2) is 24.3 Å². The van der Waals surface area contributed by atoms with Crippen LogP contribution in [0.1, 0.15) is 11.1 Å². The molecule has 1 atom stereocenters. The molecule has 0 radical (unpaired) electrons. The molecule has 1 rings (SSSR count). The predicted octanol–water partition coefficient (Wildman–Crippen LogP) is 2.78. The topological polar surface area (TPSA) is 20.2 Å². The lowest BCUT2D eigenvalue weighted by molar-refractivity contribution is 0.290. The molecule has 78 valence electrons. The van der Waals surface area contributed by atoms with E-state index in [1.165, 1.54) is 12.1 Å². The fourth-order valence-electron chi connectivity index (χ4n) is 1.57. The summed E-state index contributed by atoms with van der Waals surface area (Å²) in [6.07, 6.45) is 0. The van der Waals surface area contributed by atoms with Crippen LogP contribution in [0.5, 0.6) is 0 Å². The Kier molecular flexibility index (Phi) is 3.45. The van der Waals surface area contributed by atoms with Gasteiger partial charge in [-0.1, -0.05) is 31.8 Å². The van der Waals surface area contributed by atoms with Crippen LogP contribution in [0.4, 0.5) is 4.39 Å². The number of halogens is 1. The zero-order valence-electron chi connectivity index (χ0n) is 8.92. The number of aliphatic hydroxyl groups excluding tert-OH is 1. The van der Waals surface area contributed by atoms with Gasteiger partial charge in [0.05, 0.1) is 8.07 Å². The number of aliphatic hydroxyl groups is 1. The third kappa shape index (κ3) is 2.66. The fraction of sp³-hybridized carbons (Fsp3) is 0.455. The Balaban J connectivity index is 2.96.